The highest BCUT2D eigenvalue weighted by atomic mass is 79.9. The normalized spacial score (nSPS) is 10.8. The van der Waals surface area contributed by atoms with E-state index in [2.05, 4.69) is 20.9 Å². The Morgan fingerprint density at radius 2 is 1.71 bits per heavy atom. The zero-order chi connectivity index (χ0) is 17.3. The lowest BCUT2D eigenvalue weighted by molar-refractivity contribution is 0.101. The Kier molecular flexibility index (Phi) is 5.30. The number of carbonyl (C=O) groups is 1. The standard InChI is InChI=1S/C17H10BrCl3N2O/c18-8-16(24)15-9-23(12-4-1-10(19)2-5-12)17(22-15)13-6-3-11(20)7-14(13)21/h1-7,9H,8H2. The maximum absolute atomic E-state index is 12.0. The van der Waals surface area contributed by atoms with Crippen LogP contribution in [-0.4, -0.2) is 20.7 Å². The number of ketones is 1. The lowest BCUT2D eigenvalue weighted by Gasteiger charge is -2.09. The van der Waals surface area contributed by atoms with E-state index in [1.165, 1.54) is 0 Å². The van der Waals surface area contributed by atoms with E-state index in [0.717, 1.165) is 5.69 Å². The molecule has 3 nitrogen and oxygen atoms in total. The van der Waals surface area contributed by atoms with Gasteiger partial charge in [-0.15, -0.1) is 0 Å². The third-order valence-corrected chi connectivity index (χ3v) is 4.70. The van der Waals surface area contributed by atoms with Gasteiger partial charge in [-0.05, 0) is 42.5 Å². The lowest BCUT2D eigenvalue weighted by Crippen LogP contribution is -1.99. The van der Waals surface area contributed by atoms with Crippen LogP contribution in [0.1, 0.15) is 10.5 Å². The number of hydrogen-bond donors (Lipinski definition) is 0. The van der Waals surface area contributed by atoms with Crippen molar-refractivity contribution in [2.45, 2.75) is 0 Å². The van der Waals surface area contributed by atoms with Gasteiger partial charge in [-0.3, -0.25) is 9.36 Å². The van der Waals surface area contributed by atoms with Crippen LogP contribution in [0.4, 0.5) is 0 Å². The average molecular weight is 445 g/mol. The summed E-state index contributed by atoms with van der Waals surface area (Å²) >= 11 is 21.4. The molecule has 0 bridgehead atoms. The number of Topliss-reactive ketones (excluding diaryl/α,β-unsaturated/α-hetero) is 1. The number of alkyl halides is 1. The molecule has 0 N–H and O–H groups in total. The van der Waals surface area contributed by atoms with Gasteiger partial charge in [-0.1, -0.05) is 50.7 Å². The minimum Gasteiger partial charge on any atom is -0.299 e. The zero-order valence-corrected chi connectivity index (χ0v) is 16.0. The molecule has 3 rings (SSSR count). The summed E-state index contributed by atoms with van der Waals surface area (Å²) in [5, 5.41) is 1.81. The molecule has 2 aromatic carbocycles. The number of aromatic nitrogens is 2. The molecular formula is C17H10BrCl3N2O. The molecule has 7 heteroatoms. The number of nitrogens with zero attached hydrogens (tertiary/aromatic N) is 2. The number of carbonyl (C=O) groups excluding carboxylic acids is 1. The minimum atomic E-state index is -0.117. The number of halogens is 4. The topological polar surface area (TPSA) is 34.9 Å². The summed E-state index contributed by atoms with van der Waals surface area (Å²) < 4.78 is 1.81. The van der Waals surface area contributed by atoms with Crippen molar-refractivity contribution < 1.29 is 4.79 Å². The third kappa shape index (κ3) is 3.52. The molecule has 3 aromatic rings. The molecule has 0 fully saturated rings. The van der Waals surface area contributed by atoms with Crippen LogP contribution in [0.2, 0.25) is 15.1 Å². The smallest absolute Gasteiger partial charge is 0.193 e. The molecule has 1 heterocycles. The van der Waals surface area contributed by atoms with Gasteiger partial charge in [0.05, 0.1) is 10.4 Å². The Labute approximate surface area is 162 Å². The second-order valence-electron chi connectivity index (χ2n) is 4.98. The molecule has 0 saturated heterocycles. The van der Waals surface area contributed by atoms with Crippen molar-refractivity contribution >= 4 is 56.5 Å². The van der Waals surface area contributed by atoms with Gasteiger partial charge in [0.15, 0.2) is 5.78 Å². The first-order chi connectivity index (χ1) is 11.5. The molecular weight excluding hydrogens is 434 g/mol. The highest BCUT2D eigenvalue weighted by Gasteiger charge is 2.18. The maximum atomic E-state index is 12.0. The summed E-state index contributed by atoms with van der Waals surface area (Å²) in [5.41, 5.74) is 1.86. The Morgan fingerprint density at radius 3 is 2.33 bits per heavy atom. The molecule has 0 atom stereocenters. The maximum Gasteiger partial charge on any atom is 0.193 e. The fourth-order valence-corrected chi connectivity index (χ4v) is 3.15. The van der Waals surface area contributed by atoms with Crippen molar-refractivity contribution in [3.8, 4) is 17.1 Å². The molecule has 122 valence electrons. The molecule has 0 radical (unpaired) electrons. The van der Waals surface area contributed by atoms with Crippen LogP contribution in [0.25, 0.3) is 17.1 Å². The molecule has 0 aliphatic rings. The summed E-state index contributed by atoms with van der Waals surface area (Å²) in [7, 11) is 0. The second-order valence-corrected chi connectivity index (χ2v) is 6.82. The van der Waals surface area contributed by atoms with E-state index in [1.807, 2.05) is 12.1 Å². The van der Waals surface area contributed by atoms with E-state index in [1.54, 1.807) is 41.1 Å². The van der Waals surface area contributed by atoms with Crippen LogP contribution in [-0.2, 0) is 0 Å². The number of imidazole rings is 1. The predicted octanol–water partition coefficient (Wildman–Crippen LogP) is 6.08. The van der Waals surface area contributed by atoms with E-state index in [9.17, 15) is 4.79 Å². The zero-order valence-electron chi connectivity index (χ0n) is 12.1. The van der Waals surface area contributed by atoms with Gasteiger partial charge in [0, 0.05) is 27.5 Å². The van der Waals surface area contributed by atoms with E-state index < -0.39 is 0 Å². The first-order valence-corrected chi connectivity index (χ1v) is 9.15. The monoisotopic (exact) mass is 442 g/mol. The van der Waals surface area contributed by atoms with Crippen LogP contribution in [0, 0.1) is 0 Å². The van der Waals surface area contributed by atoms with Crippen molar-refractivity contribution in [1.82, 2.24) is 9.55 Å². The second kappa shape index (κ2) is 7.28. The van der Waals surface area contributed by atoms with E-state index >= 15 is 0 Å². The lowest BCUT2D eigenvalue weighted by atomic mass is 10.2. The molecule has 0 aliphatic carbocycles. The Morgan fingerprint density at radius 1 is 1.04 bits per heavy atom. The van der Waals surface area contributed by atoms with Crippen LogP contribution in [0.5, 0.6) is 0 Å². The first-order valence-electron chi connectivity index (χ1n) is 6.89. The van der Waals surface area contributed by atoms with Crippen molar-refractivity contribution in [2.75, 3.05) is 5.33 Å². The fourth-order valence-electron chi connectivity index (χ4n) is 2.24. The first kappa shape index (κ1) is 17.5. The Hall–Kier alpha value is -1.33. The van der Waals surface area contributed by atoms with Gasteiger partial charge in [0.25, 0.3) is 0 Å². The molecule has 1 aromatic heterocycles. The highest BCUT2D eigenvalue weighted by Crippen LogP contribution is 2.32. The Balaban J connectivity index is 2.21. The van der Waals surface area contributed by atoms with Crippen LogP contribution < -0.4 is 0 Å². The molecule has 0 aliphatic heterocycles. The summed E-state index contributed by atoms with van der Waals surface area (Å²) in [6.07, 6.45) is 1.69. The number of benzene rings is 2. The minimum absolute atomic E-state index is 0.117. The highest BCUT2D eigenvalue weighted by molar-refractivity contribution is 9.09. The molecule has 24 heavy (non-hydrogen) atoms. The summed E-state index contributed by atoms with van der Waals surface area (Å²) in [5.74, 6) is 0.442. The van der Waals surface area contributed by atoms with Gasteiger partial charge in [-0.25, -0.2) is 4.98 Å². The van der Waals surface area contributed by atoms with Crippen molar-refractivity contribution in [2.24, 2.45) is 0 Å². The summed E-state index contributed by atoms with van der Waals surface area (Å²) in [4.78, 5) is 16.5. The number of hydrogen-bond acceptors (Lipinski definition) is 2. The molecule has 0 saturated carbocycles. The quantitative estimate of drug-likeness (QED) is 0.361. The molecule has 0 unspecified atom stereocenters. The predicted molar refractivity (Wildman–Crippen MR) is 102 cm³/mol. The summed E-state index contributed by atoms with van der Waals surface area (Å²) in [6.45, 7) is 0. The van der Waals surface area contributed by atoms with Gasteiger partial charge in [0.2, 0.25) is 0 Å². The average Bonchev–Trinajstić information content (AvgIpc) is 3.00. The van der Waals surface area contributed by atoms with Crippen LogP contribution in [0.15, 0.2) is 48.7 Å². The molecule has 0 amide bonds. The van der Waals surface area contributed by atoms with E-state index in [4.69, 9.17) is 34.8 Å². The van der Waals surface area contributed by atoms with Crippen molar-refractivity contribution in [3.05, 3.63) is 69.4 Å². The van der Waals surface area contributed by atoms with Crippen LogP contribution in [0.3, 0.4) is 0 Å². The SMILES string of the molecule is O=C(CBr)c1cn(-c2ccc(Cl)cc2)c(-c2ccc(Cl)cc2Cl)n1. The van der Waals surface area contributed by atoms with Gasteiger partial charge in [0.1, 0.15) is 11.5 Å². The fraction of sp³-hybridized carbons (Fsp3) is 0.0588. The van der Waals surface area contributed by atoms with Crippen molar-refractivity contribution in [3.63, 3.8) is 0 Å². The third-order valence-electron chi connectivity index (χ3n) is 3.39. The van der Waals surface area contributed by atoms with Gasteiger partial charge < -0.3 is 0 Å². The number of rotatable bonds is 4. The Bertz CT molecular complexity index is 907. The van der Waals surface area contributed by atoms with E-state index in [-0.39, 0.29) is 11.1 Å². The van der Waals surface area contributed by atoms with Gasteiger partial charge >= 0.3 is 0 Å². The van der Waals surface area contributed by atoms with Gasteiger partial charge in [-0.2, -0.15) is 0 Å². The van der Waals surface area contributed by atoms with Crippen molar-refractivity contribution in [1.29, 1.82) is 0 Å². The van der Waals surface area contributed by atoms with E-state index in [0.29, 0.717) is 32.1 Å². The van der Waals surface area contributed by atoms with Crippen LogP contribution >= 0.6 is 50.7 Å². The summed E-state index contributed by atoms with van der Waals surface area (Å²) in [6, 6.07) is 12.4. The molecule has 0 spiro atoms. The largest absolute Gasteiger partial charge is 0.299 e.